The van der Waals surface area contributed by atoms with E-state index in [9.17, 15) is 13.2 Å². The van der Waals surface area contributed by atoms with Crippen molar-refractivity contribution in [2.24, 2.45) is 0 Å². The highest BCUT2D eigenvalue weighted by molar-refractivity contribution is 7.92. The summed E-state index contributed by atoms with van der Waals surface area (Å²) < 4.78 is 30.5. The van der Waals surface area contributed by atoms with E-state index in [-0.39, 0.29) is 19.0 Å². The van der Waals surface area contributed by atoms with Crippen LogP contribution in [0.25, 0.3) is 11.4 Å². The summed E-state index contributed by atoms with van der Waals surface area (Å²) in [6.45, 7) is 3.49. The number of aryl methyl sites for hydroxylation is 2. The maximum Gasteiger partial charge on any atom is 0.246 e. The Bertz CT molecular complexity index is 1110. The number of carbonyl (C=O) groups is 1. The van der Waals surface area contributed by atoms with Crippen molar-refractivity contribution >= 4 is 21.6 Å². The second-order valence-electron chi connectivity index (χ2n) is 6.76. The van der Waals surface area contributed by atoms with Gasteiger partial charge in [0.25, 0.3) is 0 Å². The normalized spacial score (nSPS) is 11.3. The number of amides is 1. The van der Waals surface area contributed by atoms with Gasteiger partial charge in [0.15, 0.2) is 0 Å². The van der Waals surface area contributed by atoms with Gasteiger partial charge in [-0.15, -0.1) is 0 Å². The molecule has 0 radical (unpaired) electrons. The van der Waals surface area contributed by atoms with Gasteiger partial charge in [-0.3, -0.25) is 9.10 Å². The maximum absolute atomic E-state index is 12.3. The van der Waals surface area contributed by atoms with Crippen molar-refractivity contribution in [1.82, 2.24) is 15.5 Å². The lowest BCUT2D eigenvalue weighted by Crippen LogP contribution is -2.40. The Morgan fingerprint density at radius 1 is 1.10 bits per heavy atom. The average Bonchev–Trinajstić information content (AvgIpc) is 3.13. The number of hydrogen-bond donors (Lipinski definition) is 1. The number of benzene rings is 2. The van der Waals surface area contributed by atoms with Crippen molar-refractivity contribution in [3.63, 3.8) is 0 Å². The lowest BCUT2D eigenvalue weighted by Gasteiger charge is -2.22. The number of sulfonamides is 1. The van der Waals surface area contributed by atoms with Gasteiger partial charge in [-0.05, 0) is 31.5 Å². The molecule has 0 aliphatic heterocycles. The van der Waals surface area contributed by atoms with Crippen molar-refractivity contribution < 1.29 is 17.7 Å². The SMILES string of the molecule is Cc1ccc(-c2noc(CNC(=O)CN(c3cccc(C)c3)S(C)(=O)=O)n2)cc1. The highest BCUT2D eigenvalue weighted by atomic mass is 32.2. The molecule has 1 heterocycles. The van der Waals surface area contributed by atoms with Crippen LogP contribution in [0.1, 0.15) is 17.0 Å². The van der Waals surface area contributed by atoms with E-state index < -0.39 is 15.9 Å². The van der Waals surface area contributed by atoms with Crippen LogP contribution in [0.2, 0.25) is 0 Å². The first-order valence-corrected chi connectivity index (χ1v) is 10.8. The summed E-state index contributed by atoms with van der Waals surface area (Å²) in [5.41, 5.74) is 3.25. The first kappa shape index (κ1) is 20.5. The molecule has 2 aromatic carbocycles. The highest BCUT2D eigenvalue weighted by Gasteiger charge is 2.21. The molecule has 0 bridgehead atoms. The monoisotopic (exact) mass is 414 g/mol. The van der Waals surface area contributed by atoms with Gasteiger partial charge in [0.05, 0.1) is 18.5 Å². The third kappa shape index (κ3) is 5.41. The molecule has 3 rings (SSSR count). The van der Waals surface area contributed by atoms with Crippen LogP contribution in [0.15, 0.2) is 53.1 Å². The molecule has 0 spiro atoms. The predicted molar refractivity (Wildman–Crippen MR) is 110 cm³/mol. The lowest BCUT2D eigenvalue weighted by molar-refractivity contribution is -0.119. The molecule has 152 valence electrons. The van der Waals surface area contributed by atoms with Crippen LogP contribution in [0, 0.1) is 13.8 Å². The van der Waals surface area contributed by atoms with E-state index in [0.717, 1.165) is 27.3 Å². The van der Waals surface area contributed by atoms with Crippen LogP contribution in [0.4, 0.5) is 5.69 Å². The molecule has 0 aliphatic rings. The smallest absolute Gasteiger partial charge is 0.246 e. The minimum Gasteiger partial charge on any atom is -0.345 e. The number of nitrogens with one attached hydrogen (secondary N) is 1. The van der Waals surface area contributed by atoms with Gasteiger partial charge in [-0.1, -0.05) is 47.1 Å². The number of rotatable bonds is 7. The van der Waals surface area contributed by atoms with Gasteiger partial charge in [0, 0.05) is 5.56 Å². The summed E-state index contributed by atoms with van der Waals surface area (Å²) in [7, 11) is -3.63. The van der Waals surface area contributed by atoms with Gasteiger partial charge in [0.1, 0.15) is 6.54 Å². The molecule has 1 aromatic heterocycles. The Morgan fingerprint density at radius 3 is 2.48 bits per heavy atom. The Balaban J connectivity index is 1.65. The number of hydrogen-bond acceptors (Lipinski definition) is 6. The van der Waals surface area contributed by atoms with Crippen molar-refractivity contribution in [3.8, 4) is 11.4 Å². The average molecular weight is 414 g/mol. The number of aromatic nitrogens is 2. The quantitative estimate of drug-likeness (QED) is 0.637. The van der Waals surface area contributed by atoms with Crippen molar-refractivity contribution in [2.75, 3.05) is 17.1 Å². The molecule has 0 fully saturated rings. The minimum atomic E-state index is -3.63. The molecule has 29 heavy (non-hydrogen) atoms. The Kier molecular flexibility index (Phi) is 5.97. The molecular formula is C20H22N4O4S. The fourth-order valence-corrected chi connectivity index (χ4v) is 3.54. The van der Waals surface area contributed by atoms with Crippen LogP contribution in [-0.4, -0.2) is 37.3 Å². The zero-order valence-corrected chi connectivity index (χ0v) is 17.2. The van der Waals surface area contributed by atoms with Crippen LogP contribution in [0.5, 0.6) is 0 Å². The van der Waals surface area contributed by atoms with Gasteiger partial charge >= 0.3 is 0 Å². The predicted octanol–water partition coefficient (Wildman–Crippen LogP) is 2.44. The molecule has 0 saturated carbocycles. The van der Waals surface area contributed by atoms with E-state index in [0.29, 0.717) is 11.5 Å². The van der Waals surface area contributed by atoms with Crippen LogP contribution in [-0.2, 0) is 21.4 Å². The topological polar surface area (TPSA) is 105 Å². The number of nitrogens with zero attached hydrogens (tertiary/aromatic N) is 3. The van der Waals surface area contributed by atoms with Crippen LogP contribution in [0.3, 0.4) is 0 Å². The molecule has 9 heteroatoms. The third-order valence-electron chi connectivity index (χ3n) is 4.19. The zero-order valence-electron chi connectivity index (χ0n) is 16.4. The Labute approximate surface area is 169 Å². The molecule has 1 N–H and O–H groups in total. The molecule has 0 saturated heterocycles. The number of carbonyl (C=O) groups excluding carboxylic acids is 1. The van der Waals surface area contributed by atoms with Crippen molar-refractivity contribution in [2.45, 2.75) is 20.4 Å². The van der Waals surface area contributed by atoms with Gasteiger partial charge in [-0.2, -0.15) is 4.98 Å². The van der Waals surface area contributed by atoms with Gasteiger partial charge < -0.3 is 9.84 Å². The van der Waals surface area contributed by atoms with E-state index >= 15 is 0 Å². The lowest BCUT2D eigenvalue weighted by atomic mass is 10.1. The molecule has 0 atom stereocenters. The number of anilines is 1. The first-order chi connectivity index (χ1) is 13.7. The van der Waals surface area contributed by atoms with Gasteiger partial charge in [-0.25, -0.2) is 8.42 Å². The largest absolute Gasteiger partial charge is 0.345 e. The summed E-state index contributed by atoms with van der Waals surface area (Å²) in [6.07, 6.45) is 1.06. The summed E-state index contributed by atoms with van der Waals surface area (Å²) in [5, 5.41) is 6.53. The Hall–Kier alpha value is -3.20. The second-order valence-corrected chi connectivity index (χ2v) is 8.67. The minimum absolute atomic E-state index is 0.00309. The Morgan fingerprint density at radius 2 is 1.83 bits per heavy atom. The fourth-order valence-electron chi connectivity index (χ4n) is 2.69. The molecule has 0 aliphatic carbocycles. The second kappa shape index (κ2) is 8.44. The standard InChI is InChI=1S/C20H22N4O4S/c1-14-7-9-16(10-8-14)20-22-19(28-23-20)12-21-18(25)13-24(29(3,26)27)17-6-4-5-15(2)11-17/h4-11H,12-13H2,1-3H3,(H,21,25). The van der Waals surface area contributed by atoms with Crippen LogP contribution < -0.4 is 9.62 Å². The van der Waals surface area contributed by atoms with E-state index in [1.165, 1.54) is 0 Å². The molecule has 3 aromatic rings. The fraction of sp³-hybridized carbons (Fsp3) is 0.250. The van der Waals surface area contributed by atoms with E-state index in [1.54, 1.807) is 18.2 Å². The summed E-state index contributed by atoms with van der Waals surface area (Å²) >= 11 is 0. The van der Waals surface area contributed by atoms with E-state index in [1.807, 2.05) is 44.2 Å². The summed E-state index contributed by atoms with van der Waals surface area (Å²) in [4.78, 5) is 16.6. The molecule has 1 amide bonds. The van der Waals surface area contributed by atoms with Crippen LogP contribution >= 0.6 is 0 Å². The molecule has 8 nitrogen and oxygen atoms in total. The van der Waals surface area contributed by atoms with E-state index in [2.05, 4.69) is 15.5 Å². The van der Waals surface area contributed by atoms with Crippen molar-refractivity contribution in [3.05, 3.63) is 65.5 Å². The van der Waals surface area contributed by atoms with Crippen molar-refractivity contribution in [1.29, 1.82) is 0 Å². The first-order valence-electron chi connectivity index (χ1n) is 8.93. The highest BCUT2D eigenvalue weighted by Crippen LogP contribution is 2.19. The summed E-state index contributed by atoms with van der Waals surface area (Å²) in [6, 6.07) is 14.6. The maximum atomic E-state index is 12.3. The summed E-state index contributed by atoms with van der Waals surface area (Å²) in [5.74, 6) is 0.175. The molecular weight excluding hydrogens is 392 g/mol. The zero-order chi connectivity index (χ0) is 21.0. The van der Waals surface area contributed by atoms with Gasteiger partial charge in [0.2, 0.25) is 27.6 Å². The molecule has 0 unspecified atom stereocenters. The van der Waals surface area contributed by atoms with E-state index in [4.69, 9.17) is 4.52 Å². The third-order valence-corrected chi connectivity index (χ3v) is 5.33.